The molecule has 106 valence electrons. The van der Waals surface area contributed by atoms with E-state index in [1.54, 1.807) is 12.1 Å². The van der Waals surface area contributed by atoms with E-state index >= 15 is 0 Å². The van der Waals surface area contributed by atoms with E-state index in [4.69, 9.17) is 5.73 Å². The number of hydrogen-bond acceptors (Lipinski definition) is 3. The Morgan fingerprint density at radius 2 is 2.11 bits per heavy atom. The maximum Gasteiger partial charge on any atom is 0.125 e. The van der Waals surface area contributed by atoms with Gasteiger partial charge in [0.15, 0.2) is 0 Å². The molecule has 19 heavy (non-hydrogen) atoms. The first-order valence-electron chi connectivity index (χ1n) is 6.82. The van der Waals surface area contributed by atoms with Crippen molar-refractivity contribution in [2.24, 2.45) is 11.1 Å². The number of anilines is 1. The van der Waals surface area contributed by atoms with Crippen molar-refractivity contribution in [2.75, 3.05) is 38.1 Å². The quantitative estimate of drug-likeness (QED) is 0.887. The summed E-state index contributed by atoms with van der Waals surface area (Å²) in [7, 11) is 2.12. The number of nitrogens with zero attached hydrogens (tertiary/aromatic N) is 2. The van der Waals surface area contributed by atoms with Gasteiger partial charge in [0.2, 0.25) is 0 Å². The summed E-state index contributed by atoms with van der Waals surface area (Å²) in [4.78, 5) is 4.57. The first-order chi connectivity index (χ1) is 8.91. The van der Waals surface area contributed by atoms with Gasteiger partial charge in [0.05, 0.1) is 6.04 Å². The first kappa shape index (κ1) is 14.3. The molecule has 2 rings (SSSR count). The molecule has 3 nitrogen and oxygen atoms in total. The lowest BCUT2D eigenvalue weighted by molar-refractivity contribution is 0.239. The summed E-state index contributed by atoms with van der Waals surface area (Å²) in [5, 5.41) is 0. The minimum absolute atomic E-state index is 0.158. The molecule has 4 heteroatoms. The molecule has 2 N–H and O–H groups in total. The molecule has 0 spiro atoms. The second kappa shape index (κ2) is 5.47. The van der Waals surface area contributed by atoms with Crippen molar-refractivity contribution in [1.82, 2.24) is 4.90 Å². The summed E-state index contributed by atoms with van der Waals surface area (Å²) in [6, 6.07) is 7.04. The molecule has 1 unspecified atom stereocenters. The zero-order valence-corrected chi connectivity index (χ0v) is 12.1. The summed E-state index contributed by atoms with van der Waals surface area (Å²) in [6.45, 7) is 7.90. The van der Waals surface area contributed by atoms with Crippen LogP contribution in [0.2, 0.25) is 0 Å². The standard InChI is InChI=1S/C15H24FN3/c1-15(2)10-18(3)9-14(8-17)19(11-15)13-6-4-5-12(16)7-13/h4-7,14H,8-11,17H2,1-3H3. The van der Waals surface area contributed by atoms with Crippen LogP contribution < -0.4 is 10.6 Å². The van der Waals surface area contributed by atoms with Crippen molar-refractivity contribution in [3.63, 3.8) is 0 Å². The van der Waals surface area contributed by atoms with Crippen LogP contribution in [-0.2, 0) is 0 Å². The third-order valence-electron chi connectivity index (χ3n) is 3.67. The van der Waals surface area contributed by atoms with Crippen LogP contribution in [0.4, 0.5) is 10.1 Å². The normalized spacial score (nSPS) is 24.3. The molecular formula is C15H24FN3. The Hall–Kier alpha value is -1.13. The number of nitrogens with two attached hydrogens (primary N) is 1. The number of halogens is 1. The first-order valence-corrected chi connectivity index (χ1v) is 6.82. The van der Waals surface area contributed by atoms with E-state index in [1.807, 2.05) is 6.07 Å². The fourth-order valence-corrected chi connectivity index (χ4v) is 3.05. The molecule has 1 aliphatic heterocycles. The van der Waals surface area contributed by atoms with Gasteiger partial charge in [-0.2, -0.15) is 0 Å². The van der Waals surface area contributed by atoms with Gasteiger partial charge in [-0.25, -0.2) is 4.39 Å². The molecule has 1 fully saturated rings. The monoisotopic (exact) mass is 265 g/mol. The van der Waals surface area contributed by atoms with Crippen LogP contribution >= 0.6 is 0 Å². The molecule has 1 aromatic carbocycles. The fraction of sp³-hybridized carbons (Fsp3) is 0.600. The molecule has 1 atom stereocenters. The molecular weight excluding hydrogens is 241 g/mol. The van der Waals surface area contributed by atoms with Gasteiger partial charge in [-0.1, -0.05) is 19.9 Å². The molecule has 1 aliphatic rings. The van der Waals surface area contributed by atoms with E-state index in [0.717, 1.165) is 25.3 Å². The highest BCUT2D eigenvalue weighted by Gasteiger charge is 2.32. The van der Waals surface area contributed by atoms with Gasteiger partial charge in [-0.05, 0) is 30.7 Å². The molecule has 0 amide bonds. The lowest BCUT2D eigenvalue weighted by Crippen LogP contribution is -2.46. The summed E-state index contributed by atoms with van der Waals surface area (Å²) < 4.78 is 13.5. The van der Waals surface area contributed by atoms with Crippen LogP contribution in [0.5, 0.6) is 0 Å². The van der Waals surface area contributed by atoms with Crippen LogP contribution in [0.1, 0.15) is 13.8 Å². The lowest BCUT2D eigenvalue weighted by atomic mass is 9.92. The zero-order chi connectivity index (χ0) is 14.0. The van der Waals surface area contributed by atoms with Crippen molar-refractivity contribution in [3.8, 4) is 0 Å². The van der Waals surface area contributed by atoms with E-state index in [-0.39, 0.29) is 17.3 Å². The number of hydrogen-bond donors (Lipinski definition) is 1. The highest BCUT2D eigenvalue weighted by atomic mass is 19.1. The van der Waals surface area contributed by atoms with Crippen molar-refractivity contribution in [1.29, 1.82) is 0 Å². The highest BCUT2D eigenvalue weighted by Crippen LogP contribution is 2.28. The Kier molecular flexibility index (Phi) is 4.11. The Balaban J connectivity index is 2.33. The van der Waals surface area contributed by atoms with Crippen molar-refractivity contribution >= 4 is 5.69 Å². The fourth-order valence-electron chi connectivity index (χ4n) is 3.05. The topological polar surface area (TPSA) is 32.5 Å². The largest absolute Gasteiger partial charge is 0.365 e. The molecule has 1 heterocycles. The van der Waals surface area contributed by atoms with Crippen LogP contribution in [0.25, 0.3) is 0 Å². The van der Waals surface area contributed by atoms with E-state index in [9.17, 15) is 4.39 Å². The van der Waals surface area contributed by atoms with Crippen LogP contribution in [0, 0.1) is 11.2 Å². The van der Waals surface area contributed by atoms with E-state index in [0.29, 0.717) is 6.54 Å². The molecule has 0 bridgehead atoms. The third kappa shape index (κ3) is 3.45. The lowest BCUT2D eigenvalue weighted by Gasteiger charge is -2.35. The smallest absolute Gasteiger partial charge is 0.125 e. The highest BCUT2D eigenvalue weighted by molar-refractivity contribution is 5.48. The summed E-state index contributed by atoms with van der Waals surface area (Å²) >= 11 is 0. The van der Waals surface area contributed by atoms with Crippen molar-refractivity contribution in [3.05, 3.63) is 30.1 Å². The molecule has 0 saturated carbocycles. The number of benzene rings is 1. The Morgan fingerprint density at radius 3 is 2.74 bits per heavy atom. The number of rotatable bonds is 2. The van der Waals surface area contributed by atoms with E-state index in [1.165, 1.54) is 6.07 Å². The Morgan fingerprint density at radius 1 is 1.37 bits per heavy atom. The number of likely N-dealkylation sites (N-methyl/N-ethyl adjacent to an activating group) is 1. The Labute approximate surface area is 115 Å². The average Bonchev–Trinajstić information content (AvgIpc) is 2.44. The molecule has 0 aliphatic carbocycles. The van der Waals surface area contributed by atoms with Crippen molar-refractivity contribution < 1.29 is 4.39 Å². The second-order valence-corrected chi connectivity index (χ2v) is 6.36. The summed E-state index contributed by atoms with van der Waals surface area (Å²) in [6.07, 6.45) is 0. The van der Waals surface area contributed by atoms with Gasteiger partial charge < -0.3 is 15.5 Å². The summed E-state index contributed by atoms with van der Waals surface area (Å²) in [5.41, 5.74) is 7.01. The molecule has 1 aromatic rings. The predicted octanol–water partition coefficient (Wildman–Crippen LogP) is 1.93. The predicted molar refractivity (Wildman–Crippen MR) is 77.9 cm³/mol. The summed E-state index contributed by atoms with van der Waals surface area (Å²) in [5.74, 6) is -0.191. The maximum absolute atomic E-state index is 13.5. The van der Waals surface area contributed by atoms with Gasteiger partial charge >= 0.3 is 0 Å². The SMILES string of the molecule is CN1CC(CN)N(c2cccc(F)c2)CC(C)(C)C1. The van der Waals surface area contributed by atoms with Gasteiger partial charge in [0.1, 0.15) is 5.82 Å². The maximum atomic E-state index is 13.5. The van der Waals surface area contributed by atoms with Crippen LogP contribution in [-0.4, -0.2) is 44.2 Å². The Bertz CT molecular complexity index is 433. The molecule has 0 radical (unpaired) electrons. The van der Waals surface area contributed by atoms with Crippen LogP contribution in [0.3, 0.4) is 0 Å². The minimum atomic E-state index is -0.191. The van der Waals surface area contributed by atoms with Gasteiger partial charge in [-0.15, -0.1) is 0 Å². The van der Waals surface area contributed by atoms with Crippen molar-refractivity contribution in [2.45, 2.75) is 19.9 Å². The van der Waals surface area contributed by atoms with Gasteiger partial charge in [0.25, 0.3) is 0 Å². The zero-order valence-electron chi connectivity index (χ0n) is 12.1. The second-order valence-electron chi connectivity index (χ2n) is 6.36. The van der Waals surface area contributed by atoms with Gasteiger partial charge in [0, 0.05) is 31.9 Å². The van der Waals surface area contributed by atoms with Gasteiger partial charge in [-0.3, -0.25) is 0 Å². The van der Waals surface area contributed by atoms with E-state index < -0.39 is 0 Å². The molecule has 0 aromatic heterocycles. The molecule has 1 saturated heterocycles. The average molecular weight is 265 g/mol. The third-order valence-corrected chi connectivity index (χ3v) is 3.67. The van der Waals surface area contributed by atoms with Crippen LogP contribution in [0.15, 0.2) is 24.3 Å². The minimum Gasteiger partial charge on any atom is -0.365 e. The van der Waals surface area contributed by atoms with E-state index in [2.05, 4.69) is 30.7 Å².